The van der Waals surface area contributed by atoms with Gasteiger partial charge in [-0.2, -0.15) is 5.26 Å². The van der Waals surface area contributed by atoms with Crippen LogP contribution in [0.4, 0.5) is 17.1 Å². The molecule has 0 saturated carbocycles. The van der Waals surface area contributed by atoms with Gasteiger partial charge in [-0.3, -0.25) is 20.3 Å². The van der Waals surface area contributed by atoms with E-state index in [1.54, 1.807) is 0 Å². The van der Waals surface area contributed by atoms with Gasteiger partial charge in [-0.15, -0.1) is 0 Å². The zero-order valence-corrected chi connectivity index (χ0v) is 27.8. The Balaban J connectivity index is 1.31. The van der Waals surface area contributed by atoms with Crippen molar-refractivity contribution in [2.75, 3.05) is 83.2 Å². The Labute approximate surface area is 272 Å². The van der Waals surface area contributed by atoms with Crippen LogP contribution in [-0.4, -0.2) is 95.6 Å². The molecule has 3 aliphatic heterocycles. The number of halogens is 1. The normalized spacial score (nSPS) is 24.5. The molecule has 5 rings (SSSR count). The summed E-state index contributed by atoms with van der Waals surface area (Å²) in [6.45, 7) is 6.14. The predicted octanol–water partition coefficient (Wildman–Crippen LogP) is 3.94. The first kappa shape index (κ1) is 33.1. The van der Waals surface area contributed by atoms with E-state index in [0.29, 0.717) is 66.5 Å². The van der Waals surface area contributed by atoms with Crippen molar-refractivity contribution in [2.45, 2.75) is 44.4 Å². The molecule has 0 radical (unpaired) electrons. The number of nitrogens with one attached hydrogen (secondary N) is 4. The molecule has 0 spiro atoms. The fourth-order valence-electron chi connectivity index (χ4n) is 6.56. The van der Waals surface area contributed by atoms with Crippen LogP contribution < -0.4 is 35.6 Å². The first-order valence-corrected chi connectivity index (χ1v) is 16.3. The quantitative estimate of drug-likeness (QED) is 0.272. The fourth-order valence-corrected chi connectivity index (χ4v) is 6.79. The molecular weight excluding hydrogens is 592 g/mol. The SMILES string of the molecule is CCOc1cc2c(cc1NC(=O)CCCN(C)C)C(Nc1ccc(OCC3CNC4C(C3)NCN4C)c(Cl)c1)C(C#N)CN2C. The van der Waals surface area contributed by atoms with Crippen LogP contribution in [0.25, 0.3) is 0 Å². The highest BCUT2D eigenvalue weighted by Gasteiger charge is 2.37. The molecule has 12 heteroatoms. The lowest BCUT2D eigenvalue weighted by Crippen LogP contribution is -2.54. The van der Waals surface area contributed by atoms with Crippen LogP contribution in [0.15, 0.2) is 30.3 Å². The Bertz CT molecular complexity index is 1380. The second-order valence-electron chi connectivity index (χ2n) is 12.7. The number of hydrogen-bond donors (Lipinski definition) is 4. The maximum atomic E-state index is 12.9. The Morgan fingerprint density at radius 3 is 2.73 bits per heavy atom. The summed E-state index contributed by atoms with van der Waals surface area (Å²) in [5, 5.41) is 24.5. The second kappa shape index (κ2) is 14.9. The molecule has 4 N–H and O–H groups in total. The lowest BCUT2D eigenvalue weighted by Gasteiger charge is -2.38. The molecule has 3 aliphatic rings. The lowest BCUT2D eigenvalue weighted by atomic mass is 9.87. The summed E-state index contributed by atoms with van der Waals surface area (Å²) >= 11 is 6.73. The van der Waals surface area contributed by atoms with Crippen molar-refractivity contribution in [1.82, 2.24) is 20.4 Å². The zero-order valence-electron chi connectivity index (χ0n) is 27.0. The third-order valence-electron chi connectivity index (χ3n) is 8.89. The van der Waals surface area contributed by atoms with Gasteiger partial charge in [0.1, 0.15) is 11.5 Å². The van der Waals surface area contributed by atoms with E-state index in [9.17, 15) is 10.1 Å². The van der Waals surface area contributed by atoms with E-state index in [0.717, 1.165) is 49.5 Å². The molecule has 45 heavy (non-hydrogen) atoms. The van der Waals surface area contributed by atoms with Crippen molar-refractivity contribution in [1.29, 1.82) is 5.26 Å². The number of nitriles is 1. The minimum Gasteiger partial charge on any atom is -0.492 e. The summed E-state index contributed by atoms with van der Waals surface area (Å²) in [6.07, 6.45) is 2.59. The predicted molar refractivity (Wildman–Crippen MR) is 179 cm³/mol. The third-order valence-corrected chi connectivity index (χ3v) is 9.18. The molecule has 2 saturated heterocycles. The van der Waals surface area contributed by atoms with Crippen molar-refractivity contribution in [3.8, 4) is 17.6 Å². The molecule has 5 unspecified atom stereocenters. The minimum atomic E-state index is -0.343. The number of carbonyl (C=O) groups is 1. The monoisotopic (exact) mass is 638 g/mol. The van der Waals surface area contributed by atoms with Crippen LogP contribution in [0.5, 0.6) is 11.5 Å². The highest BCUT2D eigenvalue weighted by molar-refractivity contribution is 6.32. The fraction of sp³-hybridized carbons (Fsp3) is 0.576. The second-order valence-corrected chi connectivity index (χ2v) is 13.1. The van der Waals surface area contributed by atoms with Crippen LogP contribution in [0.1, 0.15) is 37.8 Å². The van der Waals surface area contributed by atoms with Crippen LogP contribution in [0.2, 0.25) is 5.02 Å². The molecule has 2 aromatic rings. The average Bonchev–Trinajstić information content (AvgIpc) is 3.38. The molecule has 1 amide bonds. The molecular formula is C33H47ClN8O3. The third kappa shape index (κ3) is 7.94. The summed E-state index contributed by atoms with van der Waals surface area (Å²) in [7, 11) is 8.09. The number of rotatable bonds is 12. The Kier molecular flexibility index (Phi) is 10.9. The Morgan fingerprint density at radius 2 is 2.00 bits per heavy atom. The number of nitrogens with zero attached hydrogens (tertiary/aromatic N) is 4. The number of likely N-dealkylation sites (N-methyl/N-ethyl adjacent to an activating group) is 1. The molecule has 2 fully saturated rings. The minimum absolute atomic E-state index is 0.0682. The van der Waals surface area contributed by atoms with Crippen molar-refractivity contribution in [2.24, 2.45) is 11.8 Å². The molecule has 3 heterocycles. The van der Waals surface area contributed by atoms with E-state index in [-0.39, 0.29) is 17.9 Å². The van der Waals surface area contributed by atoms with Gasteiger partial charge in [-0.1, -0.05) is 11.6 Å². The van der Waals surface area contributed by atoms with Gasteiger partial charge in [0.15, 0.2) is 0 Å². The van der Waals surface area contributed by atoms with Crippen LogP contribution >= 0.6 is 11.6 Å². The topological polar surface area (TPSA) is 117 Å². The molecule has 2 aromatic carbocycles. The average molecular weight is 639 g/mol. The number of carbonyl (C=O) groups excluding carboxylic acids is 1. The smallest absolute Gasteiger partial charge is 0.224 e. The van der Waals surface area contributed by atoms with Crippen molar-refractivity contribution >= 4 is 34.6 Å². The van der Waals surface area contributed by atoms with E-state index in [1.807, 2.05) is 58.4 Å². The van der Waals surface area contributed by atoms with Crippen LogP contribution in [0, 0.1) is 23.2 Å². The van der Waals surface area contributed by atoms with E-state index >= 15 is 0 Å². The van der Waals surface area contributed by atoms with Gasteiger partial charge >= 0.3 is 0 Å². The van der Waals surface area contributed by atoms with Crippen molar-refractivity contribution in [3.63, 3.8) is 0 Å². The summed E-state index contributed by atoms with van der Waals surface area (Å²) in [6, 6.07) is 12.2. The maximum Gasteiger partial charge on any atom is 0.224 e. The maximum absolute atomic E-state index is 12.9. The van der Waals surface area contributed by atoms with Gasteiger partial charge in [-0.05, 0) is 71.7 Å². The van der Waals surface area contributed by atoms with E-state index in [1.165, 1.54) is 0 Å². The van der Waals surface area contributed by atoms with E-state index in [2.05, 4.69) is 49.1 Å². The van der Waals surface area contributed by atoms with E-state index in [4.69, 9.17) is 21.1 Å². The van der Waals surface area contributed by atoms with Gasteiger partial charge in [0, 0.05) is 68.2 Å². The number of amides is 1. The molecule has 5 atom stereocenters. The van der Waals surface area contributed by atoms with Crippen LogP contribution in [0.3, 0.4) is 0 Å². The number of ether oxygens (including phenoxy) is 2. The molecule has 244 valence electrons. The standard InChI is InChI=1S/C33H47ClN8O3/c1-6-44-30-15-28-24(14-26(30)39-31(43)8-7-11-40(2)3)32(22(16-35)18-41(28)4)38-23-9-10-29(25(34)13-23)45-19-21-12-27-33(36-17-21)42(5)20-37-27/h9-10,13-15,21-22,27,32-33,36-38H,6-8,11-12,17-20H2,1-5H3,(H,39,43). The summed E-state index contributed by atoms with van der Waals surface area (Å²) in [4.78, 5) is 19.3. The first-order valence-electron chi connectivity index (χ1n) is 15.9. The summed E-state index contributed by atoms with van der Waals surface area (Å²) in [5.41, 5.74) is 3.25. The molecule has 0 aromatic heterocycles. The van der Waals surface area contributed by atoms with Gasteiger partial charge < -0.3 is 29.9 Å². The highest BCUT2D eigenvalue weighted by atomic mass is 35.5. The first-order chi connectivity index (χ1) is 21.7. The van der Waals surface area contributed by atoms with Gasteiger partial charge in [0.2, 0.25) is 5.91 Å². The number of fused-ring (bicyclic) bond motifs is 2. The van der Waals surface area contributed by atoms with Gasteiger partial charge in [-0.25, -0.2) is 0 Å². The van der Waals surface area contributed by atoms with Crippen molar-refractivity contribution < 1.29 is 14.3 Å². The zero-order chi connectivity index (χ0) is 32.1. The van der Waals surface area contributed by atoms with Crippen LogP contribution in [-0.2, 0) is 4.79 Å². The number of hydrogen-bond acceptors (Lipinski definition) is 10. The molecule has 11 nitrogen and oxygen atoms in total. The molecule has 0 bridgehead atoms. The van der Waals surface area contributed by atoms with E-state index < -0.39 is 0 Å². The summed E-state index contributed by atoms with van der Waals surface area (Å²) in [5.74, 6) is 1.23. The summed E-state index contributed by atoms with van der Waals surface area (Å²) < 4.78 is 12.1. The Hall–Kier alpha value is -3.27. The Morgan fingerprint density at radius 1 is 1.18 bits per heavy atom. The molecule has 0 aliphatic carbocycles. The van der Waals surface area contributed by atoms with Gasteiger partial charge in [0.25, 0.3) is 0 Å². The number of benzene rings is 2. The lowest BCUT2D eigenvalue weighted by molar-refractivity contribution is -0.116. The van der Waals surface area contributed by atoms with Crippen molar-refractivity contribution in [3.05, 3.63) is 40.9 Å². The number of anilines is 3. The number of piperidine rings is 1. The largest absolute Gasteiger partial charge is 0.492 e. The van der Waals surface area contributed by atoms with Gasteiger partial charge in [0.05, 0.1) is 48.1 Å². The highest BCUT2D eigenvalue weighted by Crippen LogP contribution is 2.44.